The van der Waals surface area contributed by atoms with Crippen LogP contribution in [0.1, 0.15) is 6.42 Å². The van der Waals surface area contributed by atoms with Crippen molar-refractivity contribution in [3.05, 3.63) is 35.0 Å². The predicted octanol–water partition coefficient (Wildman–Crippen LogP) is 3.05. The van der Waals surface area contributed by atoms with Crippen LogP contribution in [0.15, 0.2) is 35.0 Å². The van der Waals surface area contributed by atoms with Crippen LogP contribution in [-0.2, 0) is 4.74 Å². The molecule has 11 heavy (non-hydrogen) atoms. The Kier molecular flexibility index (Phi) is 3.51. The smallest absolute Gasteiger partial charge is 0.138 e. The van der Waals surface area contributed by atoms with Crippen molar-refractivity contribution in [2.75, 3.05) is 5.94 Å². The molecule has 1 fully saturated rings. The minimum atomic E-state index is 0. The van der Waals surface area contributed by atoms with Crippen LogP contribution in [0.5, 0.6) is 0 Å². The van der Waals surface area contributed by atoms with Crippen molar-refractivity contribution >= 4 is 35.7 Å². The Hall–Kier alpha value is 0.100. The summed E-state index contributed by atoms with van der Waals surface area (Å²) in [5, 5.41) is 0. The molecule has 0 amide bonds. The highest BCUT2D eigenvalue weighted by atomic mass is 127. The molecule has 0 radical (unpaired) electrons. The standard InChI is InChI=1S/C8H8OS.HI/c1-2-4-7-8(5-3-1)10-6-9-7;/h1,3-5H,2,6H2;1H. The lowest BCUT2D eigenvalue weighted by Crippen LogP contribution is -1.78. The van der Waals surface area contributed by atoms with E-state index >= 15 is 0 Å². The van der Waals surface area contributed by atoms with Crippen molar-refractivity contribution in [1.82, 2.24) is 0 Å². The Bertz CT molecular complexity index is 230. The molecule has 2 aliphatic rings. The van der Waals surface area contributed by atoms with E-state index in [0.717, 1.165) is 18.1 Å². The second kappa shape index (κ2) is 4.21. The van der Waals surface area contributed by atoms with Crippen LogP contribution in [0.4, 0.5) is 0 Å². The quantitative estimate of drug-likeness (QED) is 0.631. The summed E-state index contributed by atoms with van der Waals surface area (Å²) in [5.41, 5.74) is 0. The molecule has 0 spiro atoms. The molecule has 1 heterocycles. The first-order valence-corrected chi connectivity index (χ1v) is 4.28. The van der Waals surface area contributed by atoms with Gasteiger partial charge < -0.3 is 4.74 Å². The van der Waals surface area contributed by atoms with Gasteiger partial charge in [-0.25, -0.2) is 0 Å². The number of rotatable bonds is 0. The molecular weight excluding hydrogens is 271 g/mol. The summed E-state index contributed by atoms with van der Waals surface area (Å²) in [5.74, 6) is 1.85. The van der Waals surface area contributed by atoms with Crippen LogP contribution in [0, 0.1) is 0 Å². The van der Waals surface area contributed by atoms with Gasteiger partial charge >= 0.3 is 0 Å². The van der Waals surface area contributed by atoms with Crippen molar-refractivity contribution in [2.24, 2.45) is 0 Å². The molecule has 0 atom stereocenters. The van der Waals surface area contributed by atoms with Crippen LogP contribution in [-0.4, -0.2) is 5.94 Å². The third-order valence-electron chi connectivity index (χ3n) is 1.49. The number of hydrogen-bond acceptors (Lipinski definition) is 2. The average molecular weight is 280 g/mol. The van der Waals surface area contributed by atoms with Crippen molar-refractivity contribution in [2.45, 2.75) is 6.42 Å². The average Bonchev–Trinajstić information content (AvgIpc) is 2.28. The third kappa shape index (κ3) is 2.02. The summed E-state index contributed by atoms with van der Waals surface area (Å²) in [6.07, 6.45) is 9.44. The minimum absolute atomic E-state index is 0. The zero-order valence-electron chi connectivity index (χ0n) is 5.95. The largest absolute Gasteiger partial charge is 0.482 e. The molecule has 0 aromatic rings. The molecule has 60 valence electrons. The van der Waals surface area contributed by atoms with E-state index in [0.29, 0.717) is 0 Å². The van der Waals surface area contributed by atoms with Crippen molar-refractivity contribution in [1.29, 1.82) is 0 Å². The maximum Gasteiger partial charge on any atom is 0.138 e. The SMILES string of the molecule is C1=CCC=C2OCSC2=C1.I. The van der Waals surface area contributed by atoms with Gasteiger partial charge in [0.1, 0.15) is 11.7 Å². The van der Waals surface area contributed by atoms with E-state index in [4.69, 9.17) is 4.74 Å². The Labute approximate surface area is 87.6 Å². The highest BCUT2D eigenvalue weighted by molar-refractivity contribution is 14.0. The van der Waals surface area contributed by atoms with Gasteiger partial charge in [0.2, 0.25) is 0 Å². The van der Waals surface area contributed by atoms with Crippen LogP contribution < -0.4 is 0 Å². The van der Waals surface area contributed by atoms with Crippen molar-refractivity contribution in [3.63, 3.8) is 0 Å². The number of fused-ring (bicyclic) bond motifs is 1. The molecular formula is C8H9IOS. The fourth-order valence-corrected chi connectivity index (χ4v) is 1.77. The van der Waals surface area contributed by atoms with Crippen LogP contribution in [0.25, 0.3) is 0 Å². The third-order valence-corrected chi connectivity index (χ3v) is 2.38. The first-order chi connectivity index (χ1) is 4.97. The van der Waals surface area contributed by atoms with Gasteiger partial charge in [-0.15, -0.1) is 24.0 Å². The van der Waals surface area contributed by atoms with Gasteiger partial charge in [0.15, 0.2) is 0 Å². The lowest BCUT2D eigenvalue weighted by Gasteiger charge is -1.93. The first-order valence-electron chi connectivity index (χ1n) is 3.30. The monoisotopic (exact) mass is 280 g/mol. The molecule has 3 heteroatoms. The number of thioether (sulfide) groups is 1. The van der Waals surface area contributed by atoms with Gasteiger partial charge in [0, 0.05) is 0 Å². The van der Waals surface area contributed by atoms with E-state index < -0.39 is 0 Å². The maximum atomic E-state index is 5.35. The van der Waals surface area contributed by atoms with Gasteiger partial charge in [-0.05, 0) is 18.6 Å². The number of ether oxygens (including phenoxy) is 1. The summed E-state index contributed by atoms with van der Waals surface area (Å²) in [4.78, 5) is 1.27. The summed E-state index contributed by atoms with van der Waals surface area (Å²) in [6, 6.07) is 0. The molecule has 0 saturated carbocycles. The number of allylic oxidation sites excluding steroid dienone is 4. The topological polar surface area (TPSA) is 9.23 Å². The predicted molar refractivity (Wildman–Crippen MR) is 58.9 cm³/mol. The fourth-order valence-electron chi connectivity index (χ4n) is 0.998. The van der Waals surface area contributed by atoms with E-state index in [1.807, 2.05) is 0 Å². The molecule has 0 aromatic carbocycles. The van der Waals surface area contributed by atoms with Gasteiger partial charge in [-0.3, -0.25) is 0 Å². The zero-order valence-corrected chi connectivity index (χ0v) is 9.10. The van der Waals surface area contributed by atoms with E-state index in [2.05, 4.69) is 24.3 Å². The van der Waals surface area contributed by atoms with Crippen molar-refractivity contribution < 1.29 is 4.74 Å². The van der Waals surface area contributed by atoms with E-state index in [9.17, 15) is 0 Å². The Balaban J connectivity index is 0.000000605. The molecule has 1 nitrogen and oxygen atoms in total. The molecule has 0 N–H and O–H groups in total. The molecule has 1 saturated heterocycles. The van der Waals surface area contributed by atoms with Crippen LogP contribution in [0.2, 0.25) is 0 Å². The Morgan fingerprint density at radius 1 is 1.45 bits per heavy atom. The Morgan fingerprint density at radius 3 is 3.27 bits per heavy atom. The molecule has 0 bridgehead atoms. The molecule has 0 aromatic heterocycles. The lowest BCUT2D eigenvalue weighted by molar-refractivity contribution is 0.296. The highest BCUT2D eigenvalue weighted by Crippen LogP contribution is 2.34. The summed E-state index contributed by atoms with van der Waals surface area (Å²) in [6.45, 7) is 0. The van der Waals surface area contributed by atoms with Gasteiger partial charge in [0.05, 0.1) is 4.91 Å². The minimum Gasteiger partial charge on any atom is -0.482 e. The highest BCUT2D eigenvalue weighted by Gasteiger charge is 2.14. The van der Waals surface area contributed by atoms with Gasteiger partial charge in [0.25, 0.3) is 0 Å². The Morgan fingerprint density at radius 2 is 2.36 bits per heavy atom. The van der Waals surface area contributed by atoms with Crippen LogP contribution in [0.3, 0.4) is 0 Å². The maximum absolute atomic E-state index is 5.35. The summed E-state index contributed by atoms with van der Waals surface area (Å²) < 4.78 is 5.35. The summed E-state index contributed by atoms with van der Waals surface area (Å²) >= 11 is 1.76. The fraction of sp³-hybridized carbons (Fsp3) is 0.250. The van der Waals surface area contributed by atoms with Gasteiger partial charge in [-0.2, -0.15) is 0 Å². The summed E-state index contributed by atoms with van der Waals surface area (Å²) in [7, 11) is 0. The zero-order chi connectivity index (χ0) is 6.81. The van der Waals surface area contributed by atoms with E-state index in [-0.39, 0.29) is 24.0 Å². The second-order valence-electron chi connectivity index (χ2n) is 2.17. The number of hydrogen-bond donors (Lipinski definition) is 0. The van der Waals surface area contributed by atoms with Crippen LogP contribution >= 0.6 is 35.7 Å². The normalized spacial score (nSPS) is 20.4. The molecule has 0 unspecified atom stereocenters. The molecule has 2 rings (SSSR count). The molecule has 1 aliphatic heterocycles. The van der Waals surface area contributed by atoms with Gasteiger partial charge in [-0.1, -0.05) is 23.9 Å². The second-order valence-corrected chi connectivity index (χ2v) is 3.13. The van der Waals surface area contributed by atoms with E-state index in [1.54, 1.807) is 11.8 Å². The number of halogens is 1. The van der Waals surface area contributed by atoms with E-state index in [1.165, 1.54) is 4.91 Å². The first kappa shape index (κ1) is 9.19. The lowest BCUT2D eigenvalue weighted by atomic mass is 10.3. The van der Waals surface area contributed by atoms with Crippen molar-refractivity contribution in [3.8, 4) is 0 Å². The molecule has 1 aliphatic carbocycles.